The quantitative estimate of drug-likeness (QED) is 0.693. The predicted octanol–water partition coefficient (Wildman–Crippen LogP) is 2.90. The Hall–Kier alpha value is -3.32. The maximum Gasteiger partial charge on any atom is 0.255 e. The van der Waals surface area contributed by atoms with Crippen molar-refractivity contribution in [3.05, 3.63) is 65.0 Å². The number of likely N-dealkylation sites (N-methyl/N-ethyl adjacent to an activating group) is 1. The summed E-state index contributed by atoms with van der Waals surface area (Å²) in [6, 6.07) is 13.3. The number of carbonyl (C=O) groups excluding carboxylic acids is 1. The van der Waals surface area contributed by atoms with E-state index in [0.29, 0.717) is 29.4 Å². The molecule has 2 aromatic carbocycles. The van der Waals surface area contributed by atoms with E-state index in [-0.39, 0.29) is 19.1 Å². The third-order valence-corrected chi connectivity index (χ3v) is 4.97. The Kier molecular flexibility index (Phi) is 5.22. The summed E-state index contributed by atoms with van der Waals surface area (Å²) in [4.78, 5) is 15.1. The van der Waals surface area contributed by atoms with Crippen LogP contribution in [0.2, 0.25) is 0 Å². The molecule has 1 aliphatic heterocycles. The Morgan fingerprint density at radius 2 is 2.00 bits per heavy atom. The average Bonchev–Trinajstić information content (AvgIpc) is 3.17. The third-order valence-electron chi connectivity index (χ3n) is 4.97. The first kappa shape index (κ1) is 19.0. The number of anilines is 1. The second kappa shape index (κ2) is 7.97. The molecule has 0 saturated carbocycles. The first-order valence-corrected chi connectivity index (χ1v) is 9.47. The molecule has 1 aliphatic rings. The van der Waals surface area contributed by atoms with E-state index in [1.54, 1.807) is 6.07 Å². The van der Waals surface area contributed by atoms with E-state index in [2.05, 4.69) is 15.4 Å². The van der Waals surface area contributed by atoms with E-state index < -0.39 is 0 Å². The maximum absolute atomic E-state index is 13.0. The van der Waals surface area contributed by atoms with E-state index >= 15 is 0 Å². The molecule has 4 rings (SSSR count). The van der Waals surface area contributed by atoms with Gasteiger partial charge in [-0.2, -0.15) is 0 Å². The van der Waals surface area contributed by atoms with Crippen LogP contribution in [-0.2, 0) is 13.2 Å². The molecular formula is C22H23N3O4. The average molecular weight is 393 g/mol. The zero-order valence-corrected chi connectivity index (χ0v) is 16.4. The minimum Gasteiger partial charge on any atom is -0.489 e. The number of rotatable bonds is 5. The van der Waals surface area contributed by atoms with Gasteiger partial charge in [0.15, 0.2) is 5.75 Å². The Labute approximate surface area is 168 Å². The number of aliphatic hydroxyl groups excluding tert-OH is 1. The van der Waals surface area contributed by atoms with Gasteiger partial charge >= 0.3 is 0 Å². The highest BCUT2D eigenvalue weighted by Crippen LogP contribution is 2.38. The molecule has 150 valence electrons. The number of aryl methyl sites for hydroxylation is 1. The van der Waals surface area contributed by atoms with Crippen molar-refractivity contribution in [2.75, 3.05) is 25.1 Å². The second-order valence-electron chi connectivity index (χ2n) is 7.11. The van der Waals surface area contributed by atoms with E-state index in [9.17, 15) is 9.90 Å². The molecule has 0 saturated heterocycles. The van der Waals surface area contributed by atoms with Crippen LogP contribution in [0.5, 0.6) is 5.75 Å². The summed E-state index contributed by atoms with van der Waals surface area (Å²) in [5.74, 6) is 1.05. The van der Waals surface area contributed by atoms with Crippen molar-refractivity contribution in [3.63, 3.8) is 0 Å². The summed E-state index contributed by atoms with van der Waals surface area (Å²) in [7, 11) is 1.99. The minimum atomic E-state index is -0.231. The molecule has 2 N–H and O–H groups in total. The fourth-order valence-corrected chi connectivity index (χ4v) is 3.36. The number of nitrogens with one attached hydrogen (secondary N) is 1. The number of hydrogen-bond donors (Lipinski definition) is 2. The normalized spacial score (nSPS) is 13.0. The lowest BCUT2D eigenvalue weighted by Gasteiger charge is -2.29. The predicted molar refractivity (Wildman–Crippen MR) is 109 cm³/mol. The summed E-state index contributed by atoms with van der Waals surface area (Å²) in [5, 5.41) is 16.1. The summed E-state index contributed by atoms with van der Waals surface area (Å²) in [6.07, 6.45) is 0. The Bertz CT molecular complexity index is 1030. The fraction of sp³-hybridized carbons (Fsp3) is 0.273. The molecule has 3 aromatic rings. The van der Waals surface area contributed by atoms with Gasteiger partial charge in [-0.15, -0.1) is 0 Å². The van der Waals surface area contributed by atoms with Crippen LogP contribution in [-0.4, -0.2) is 36.4 Å². The molecule has 29 heavy (non-hydrogen) atoms. The van der Waals surface area contributed by atoms with Gasteiger partial charge in [0.2, 0.25) is 0 Å². The van der Waals surface area contributed by atoms with E-state index in [1.165, 1.54) is 0 Å². The van der Waals surface area contributed by atoms with Crippen LogP contribution < -0.4 is 15.0 Å². The number of hydrogen-bond acceptors (Lipinski definition) is 6. The number of carbonyl (C=O) groups is 1. The lowest BCUT2D eigenvalue weighted by Crippen LogP contribution is -2.31. The van der Waals surface area contributed by atoms with Crippen molar-refractivity contribution in [3.8, 4) is 16.9 Å². The van der Waals surface area contributed by atoms with Gasteiger partial charge in [0.25, 0.3) is 5.91 Å². The second-order valence-corrected chi connectivity index (χ2v) is 7.11. The molecule has 2 heterocycles. The van der Waals surface area contributed by atoms with Crippen molar-refractivity contribution in [1.29, 1.82) is 0 Å². The summed E-state index contributed by atoms with van der Waals surface area (Å²) in [6.45, 7) is 3.35. The Morgan fingerprint density at radius 3 is 2.69 bits per heavy atom. The zero-order chi connectivity index (χ0) is 20.4. The monoisotopic (exact) mass is 393 g/mol. The molecule has 0 unspecified atom stereocenters. The van der Waals surface area contributed by atoms with Gasteiger partial charge in [-0.05, 0) is 35.7 Å². The van der Waals surface area contributed by atoms with Gasteiger partial charge in [0, 0.05) is 13.1 Å². The lowest BCUT2D eigenvalue weighted by molar-refractivity contribution is 0.0945. The molecule has 0 atom stereocenters. The van der Waals surface area contributed by atoms with Crippen LogP contribution in [0, 0.1) is 6.92 Å². The molecule has 0 aliphatic carbocycles. The smallest absolute Gasteiger partial charge is 0.255 e. The van der Waals surface area contributed by atoms with E-state index in [4.69, 9.17) is 9.26 Å². The van der Waals surface area contributed by atoms with Crippen molar-refractivity contribution in [2.24, 2.45) is 0 Å². The van der Waals surface area contributed by atoms with Crippen LogP contribution in [0.4, 0.5) is 5.69 Å². The molecule has 0 bridgehead atoms. The summed E-state index contributed by atoms with van der Waals surface area (Å²) >= 11 is 0. The molecule has 1 amide bonds. The number of fused-ring (bicyclic) bond motifs is 1. The van der Waals surface area contributed by atoms with Gasteiger partial charge in [-0.3, -0.25) is 4.79 Å². The zero-order valence-electron chi connectivity index (χ0n) is 16.4. The van der Waals surface area contributed by atoms with Crippen LogP contribution in [0.3, 0.4) is 0 Å². The molecule has 0 spiro atoms. The van der Waals surface area contributed by atoms with Crippen molar-refractivity contribution in [1.82, 2.24) is 10.5 Å². The number of ether oxygens (including phenoxy) is 1. The minimum absolute atomic E-state index is 0.00375. The maximum atomic E-state index is 13.0. The fourth-order valence-electron chi connectivity index (χ4n) is 3.36. The van der Waals surface area contributed by atoms with Gasteiger partial charge in [0.05, 0.1) is 30.9 Å². The standard InChI is InChI=1S/C22H23N3O4/c1-14-9-18(24-29-14)12-23-22(27)19-10-17(16-5-3-15(13-26)4-6-16)11-20-21(19)28-8-7-25(20)2/h3-6,9-11,26H,7-8,12-13H2,1-2H3,(H,23,27). The highest BCUT2D eigenvalue weighted by Gasteiger charge is 2.24. The molecular weight excluding hydrogens is 370 g/mol. The number of aromatic nitrogens is 1. The number of nitrogens with zero attached hydrogens (tertiary/aromatic N) is 2. The third kappa shape index (κ3) is 3.95. The van der Waals surface area contributed by atoms with E-state index in [0.717, 1.165) is 28.9 Å². The summed E-state index contributed by atoms with van der Waals surface area (Å²) in [5.41, 5.74) is 4.74. The van der Waals surface area contributed by atoms with E-state index in [1.807, 2.05) is 50.4 Å². The highest BCUT2D eigenvalue weighted by atomic mass is 16.5. The van der Waals surface area contributed by atoms with Crippen LogP contribution in [0.1, 0.15) is 27.4 Å². The van der Waals surface area contributed by atoms with Crippen LogP contribution in [0.25, 0.3) is 11.1 Å². The molecule has 7 nitrogen and oxygen atoms in total. The van der Waals surface area contributed by atoms with Crippen molar-refractivity contribution in [2.45, 2.75) is 20.1 Å². The van der Waals surface area contributed by atoms with Gasteiger partial charge in [-0.1, -0.05) is 29.4 Å². The van der Waals surface area contributed by atoms with Crippen molar-refractivity contribution < 1.29 is 19.2 Å². The Morgan fingerprint density at radius 1 is 1.21 bits per heavy atom. The van der Waals surface area contributed by atoms with Crippen LogP contribution >= 0.6 is 0 Å². The number of benzene rings is 2. The Balaban J connectivity index is 1.68. The van der Waals surface area contributed by atoms with Crippen molar-refractivity contribution >= 4 is 11.6 Å². The van der Waals surface area contributed by atoms with Gasteiger partial charge in [0.1, 0.15) is 18.1 Å². The summed E-state index contributed by atoms with van der Waals surface area (Å²) < 4.78 is 10.9. The largest absolute Gasteiger partial charge is 0.489 e. The van der Waals surface area contributed by atoms with Gasteiger partial charge in [-0.25, -0.2) is 0 Å². The molecule has 0 radical (unpaired) electrons. The number of amides is 1. The SMILES string of the molecule is Cc1cc(CNC(=O)c2cc(-c3ccc(CO)cc3)cc3c2OCCN3C)no1. The first-order chi connectivity index (χ1) is 14.0. The van der Waals surface area contributed by atoms with Gasteiger partial charge < -0.3 is 24.6 Å². The highest BCUT2D eigenvalue weighted by molar-refractivity contribution is 6.00. The lowest BCUT2D eigenvalue weighted by atomic mass is 9.98. The van der Waals surface area contributed by atoms with Crippen LogP contribution in [0.15, 0.2) is 47.0 Å². The topological polar surface area (TPSA) is 87.8 Å². The molecule has 7 heteroatoms. The molecule has 0 fully saturated rings. The first-order valence-electron chi connectivity index (χ1n) is 9.47. The molecule has 1 aromatic heterocycles. The number of aliphatic hydroxyl groups is 1.